The van der Waals surface area contributed by atoms with Crippen LogP contribution in [0.5, 0.6) is 0 Å². The van der Waals surface area contributed by atoms with Gasteiger partial charge in [0.2, 0.25) is 0 Å². The van der Waals surface area contributed by atoms with Crippen LogP contribution >= 0.6 is 11.8 Å². The maximum absolute atomic E-state index is 12.0. The maximum Gasteiger partial charge on any atom is 0.315 e. The molecule has 5 nitrogen and oxygen atoms in total. The molecule has 21 heavy (non-hydrogen) atoms. The third-order valence-electron chi connectivity index (χ3n) is 4.62. The van der Waals surface area contributed by atoms with E-state index < -0.39 is 5.97 Å². The Labute approximate surface area is 130 Å². The molecule has 0 spiro atoms. The number of hydrogen-bond donors (Lipinski definition) is 3. The molecular formula is C15H26N2O3S. The first-order valence-corrected chi connectivity index (χ1v) is 9.09. The second-order valence-corrected chi connectivity index (χ2v) is 7.57. The second kappa shape index (κ2) is 7.92. The topological polar surface area (TPSA) is 78.4 Å². The second-order valence-electron chi connectivity index (χ2n) is 6.34. The van der Waals surface area contributed by atoms with Crippen LogP contribution in [0.25, 0.3) is 0 Å². The first-order chi connectivity index (χ1) is 10.1. The summed E-state index contributed by atoms with van der Waals surface area (Å²) >= 11 is 1.93. The summed E-state index contributed by atoms with van der Waals surface area (Å²) in [6.45, 7) is 0.479. The lowest BCUT2D eigenvalue weighted by Crippen LogP contribution is -2.48. The van der Waals surface area contributed by atoms with Crippen LogP contribution in [0.4, 0.5) is 4.79 Å². The Hall–Kier alpha value is -0.910. The highest BCUT2D eigenvalue weighted by Crippen LogP contribution is 2.38. The molecule has 1 saturated carbocycles. The zero-order valence-electron chi connectivity index (χ0n) is 12.5. The van der Waals surface area contributed by atoms with Gasteiger partial charge in [-0.3, -0.25) is 4.79 Å². The average Bonchev–Trinajstić information content (AvgIpc) is 2.47. The van der Waals surface area contributed by atoms with Gasteiger partial charge in [-0.2, -0.15) is 11.8 Å². The van der Waals surface area contributed by atoms with Crippen LogP contribution in [0.3, 0.4) is 0 Å². The van der Waals surface area contributed by atoms with Crippen LogP contribution in [0, 0.1) is 5.41 Å². The third-order valence-corrected chi connectivity index (χ3v) is 5.67. The normalized spacial score (nSPS) is 22.5. The lowest BCUT2D eigenvalue weighted by molar-refractivity contribution is -0.140. The summed E-state index contributed by atoms with van der Waals surface area (Å²) in [6.07, 6.45) is 7.32. The first-order valence-electron chi connectivity index (χ1n) is 7.94. The Bertz CT molecular complexity index is 364. The number of carboxylic acid groups (broad SMARTS) is 1. The van der Waals surface area contributed by atoms with E-state index in [0.29, 0.717) is 6.54 Å². The van der Waals surface area contributed by atoms with Crippen LogP contribution in [-0.2, 0) is 4.79 Å². The molecule has 0 bridgehead atoms. The Kier molecular flexibility index (Phi) is 6.21. The van der Waals surface area contributed by atoms with Crippen molar-refractivity contribution in [2.24, 2.45) is 5.41 Å². The van der Waals surface area contributed by atoms with Gasteiger partial charge in [0.15, 0.2) is 0 Å². The third kappa shape index (κ3) is 5.41. The van der Waals surface area contributed by atoms with E-state index in [1.165, 1.54) is 6.42 Å². The van der Waals surface area contributed by atoms with Crippen molar-refractivity contribution in [3.05, 3.63) is 0 Å². The molecule has 1 aliphatic heterocycles. The van der Waals surface area contributed by atoms with E-state index in [1.54, 1.807) is 0 Å². The van der Waals surface area contributed by atoms with Crippen LogP contribution < -0.4 is 10.6 Å². The average molecular weight is 314 g/mol. The quantitative estimate of drug-likeness (QED) is 0.729. The molecular weight excluding hydrogens is 288 g/mol. The number of rotatable bonds is 5. The van der Waals surface area contributed by atoms with E-state index in [-0.39, 0.29) is 23.9 Å². The highest BCUT2D eigenvalue weighted by Gasteiger charge is 2.34. The molecule has 2 fully saturated rings. The Morgan fingerprint density at radius 1 is 1.14 bits per heavy atom. The lowest BCUT2D eigenvalue weighted by Gasteiger charge is -2.36. The zero-order chi connectivity index (χ0) is 15.1. The Balaban J connectivity index is 1.79. The fourth-order valence-electron chi connectivity index (χ4n) is 3.38. The zero-order valence-corrected chi connectivity index (χ0v) is 13.3. The SMILES string of the molecule is O=C(O)CC1(CNC(=O)NC2CCSCC2)CCCCC1. The summed E-state index contributed by atoms with van der Waals surface area (Å²) in [5, 5.41) is 15.1. The molecule has 3 N–H and O–H groups in total. The molecule has 6 heteroatoms. The lowest BCUT2D eigenvalue weighted by atomic mass is 9.72. The summed E-state index contributed by atoms with van der Waals surface area (Å²) in [5.41, 5.74) is -0.246. The standard InChI is InChI=1S/C15H26N2O3S/c18-13(19)10-15(6-2-1-3-7-15)11-16-14(20)17-12-4-8-21-9-5-12/h12H,1-11H2,(H,18,19)(H2,16,17,20). The Morgan fingerprint density at radius 2 is 1.81 bits per heavy atom. The highest BCUT2D eigenvalue weighted by molar-refractivity contribution is 7.99. The first kappa shape index (κ1) is 16.5. The van der Waals surface area contributed by atoms with Crippen molar-refractivity contribution >= 4 is 23.8 Å². The van der Waals surface area contributed by atoms with Gasteiger partial charge in [0.25, 0.3) is 0 Å². The number of hydrogen-bond acceptors (Lipinski definition) is 3. The van der Waals surface area contributed by atoms with Gasteiger partial charge >= 0.3 is 12.0 Å². The van der Waals surface area contributed by atoms with Crippen molar-refractivity contribution in [1.82, 2.24) is 10.6 Å². The van der Waals surface area contributed by atoms with Crippen molar-refractivity contribution in [2.45, 2.75) is 57.4 Å². The summed E-state index contributed by atoms with van der Waals surface area (Å²) in [7, 11) is 0. The molecule has 1 heterocycles. The van der Waals surface area contributed by atoms with Gasteiger partial charge in [-0.25, -0.2) is 4.79 Å². The van der Waals surface area contributed by atoms with Gasteiger partial charge in [-0.1, -0.05) is 19.3 Å². The van der Waals surface area contributed by atoms with Gasteiger partial charge in [0.05, 0.1) is 6.42 Å². The molecule has 0 aromatic heterocycles. The van der Waals surface area contributed by atoms with E-state index in [1.807, 2.05) is 11.8 Å². The number of urea groups is 1. The fraction of sp³-hybridized carbons (Fsp3) is 0.867. The molecule has 1 saturated heterocycles. The van der Waals surface area contributed by atoms with E-state index in [9.17, 15) is 9.59 Å². The number of carbonyl (C=O) groups is 2. The van der Waals surface area contributed by atoms with Crippen molar-refractivity contribution in [3.63, 3.8) is 0 Å². The predicted molar refractivity (Wildman–Crippen MR) is 84.7 cm³/mol. The van der Waals surface area contributed by atoms with Crippen LogP contribution in [0.2, 0.25) is 0 Å². The molecule has 0 atom stereocenters. The smallest absolute Gasteiger partial charge is 0.315 e. The van der Waals surface area contributed by atoms with Gasteiger partial charge in [0, 0.05) is 12.6 Å². The van der Waals surface area contributed by atoms with Crippen LogP contribution in [0.15, 0.2) is 0 Å². The van der Waals surface area contributed by atoms with Crippen LogP contribution in [0.1, 0.15) is 51.4 Å². The number of carboxylic acids is 1. The van der Waals surface area contributed by atoms with E-state index in [4.69, 9.17) is 5.11 Å². The Morgan fingerprint density at radius 3 is 2.43 bits per heavy atom. The van der Waals surface area contributed by atoms with Crippen molar-refractivity contribution in [2.75, 3.05) is 18.1 Å². The molecule has 0 radical (unpaired) electrons. The fourth-order valence-corrected chi connectivity index (χ4v) is 4.49. The monoisotopic (exact) mass is 314 g/mol. The largest absolute Gasteiger partial charge is 0.481 e. The van der Waals surface area contributed by atoms with Gasteiger partial charge < -0.3 is 15.7 Å². The van der Waals surface area contributed by atoms with Crippen LogP contribution in [-0.4, -0.2) is 41.2 Å². The maximum atomic E-state index is 12.0. The summed E-state index contributed by atoms with van der Waals surface area (Å²) in [6, 6.07) is 0.135. The number of thioether (sulfide) groups is 1. The van der Waals surface area contributed by atoms with Gasteiger partial charge in [-0.15, -0.1) is 0 Å². The minimum absolute atomic E-state index is 0.137. The molecule has 2 amide bonds. The molecule has 120 valence electrons. The number of aliphatic carboxylic acids is 1. The molecule has 2 rings (SSSR count). The number of nitrogens with one attached hydrogen (secondary N) is 2. The summed E-state index contributed by atoms with van der Waals surface area (Å²) < 4.78 is 0. The molecule has 2 aliphatic rings. The van der Waals surface area contributed by atoms with Crippen molar-refractivity contribution < 1.29 is 14.7 Å². The predicted octanol–water partition coefficient (Wildman–Crippen LogP) is 2.61. The minimum atomic E-state index is -0.761. The number of carbonyl (C=O) groups excluding carboxylic acids is 1. The van der Waals surface area contributed by atoms with Crippen molar-refractivity contribution in [3.8, 4) is 0 Å². The minimum Gasteiger partial charge on any atom is -0.481 e. The van der Waals surface area contributed by atoms with E-state index in [2.05, 4.69) is 10.6 Å². The van der Waals surface area contributed by atoms with Gasteiger partial charge in [-0.05, 0) is 42.6 Å². The molecule has 0 unspecified atom stereocenters. The molecule has 0 aromatic carbocycles. The van der Waals surface area contributed by atoms with E-state index in [0.717, 1.165) is 50.0 Å². The van der Waals surface area contributed by atoms with Gasteiger partial charge in [0.1, 0.15) is 0 Å². The summed E-state index contributed by atoms with van der Waals surface area (Å²) in [5.74, 6) is 1.45. The van der Waals surface area contributed by atoms with Crippen molar-refractivity contribution in [1.29, 1.82) is 0 Å². The number of amides is 2. The molecule has 1 aliphatic carbocycles. The van der Waals surface area contributed by atoms with E-state index >= 15 is 0 Å². The summed E-state index contributed by atoms with van der Waals surface area (Å²) in [4.78, 5) is 23.1. The molecule has 0 aromatic rings. The highest BCUT2D eigenvalue weighted by atomic mass is 32.2.